The highest BCUT2D eigenvalue weighted by Gasteiger charge is 2.07. The average molecular weight is 320 g/mol. The fourth-order valence-corrected chi connectivity index (χ4v) is 2.60. The van der Waals surface area contributed by atoms with E-state index in [1.54, 1.807) is 12.1 Å². The zero-order valence-corrected chi connectivity index (χ0v) is 12.7. The number of hydrogen-bond acceptors (Lipinski definition) is 2. The van der Waals surface area contributed by atoms with Gasteiger partial charge in [0.25, 0.3) is 0 Å². The second kappa shape index (κ2) is 6.22. The van der Waals surface area contributed by atoms with Gasteiger partial charge in [-0.15, -0.1) is 0 Å². The molecule has 0 fully saturated rings. The molecule has 3 heteroatoms. The van der Waals surface area contributed by atoms with Crippen LogP contribution in [0.3, 0.4) is 0 Å². The van der Waals surface area contributed by atoms with Gasteiger partial charge < -0.3 is 10.4 Å². The van der Waals surface area contributed by atoms with Crippen LogP contribution in [0, 0.1) is 6.92 Å². The average Bonchev–Trinajstić information content (AvgIpc) is 2.37. The molecule has 2 rings (SSSR count). The highest BCUT2D eigenvalue weighted by atomic mass is 79.9. The number of phenolic OH excluding ortho intramolecular Hbond substituents is 1. The Labute approximate surface area is 122 Å². The van der Waals surface area contributed by atoms with Gasteiger partial charge in [-0.05, 0) is 48.7 Å². The van der Waals surface area contributed by atoms with Gasteiger partial charge in [-0.25, -0.2) is 0 Å². The van der Waals surface area contributed by atoms with E-state index in [1.165, 1.54) is 11.1 Å². The van der Waals surface area contributed by atoms with Crippen molar-refractivity contribution in [1.82, 2.24) is 5.32 Å². The summed E-state index contributed by atoms with van der Waals surface area (Å²) in [4.78, 5) is 0. The molecule has 0 heterocycles. The first-order valence-electron chi connectivity index (χ1n) is 6.33. The number of phenols is 1. The van der Waals surface area contributed by atoms with Crippen molar-refractivity contribution < 1.29 is 5.11 Å². The van der Waals surface area contributed by atoms with Gasteiger partial charge in [0.15, 0.2) is 0 Å². The van der Waals surface area contributed by atoms with Crippen LogP contribution >= 0.6 is 15.9 Å². The molecule has 19 heavy (non-hydrogen) atoms. The quantitative estimate of drug-likeness (QED) is 0.879. The van der Waals surface area contributed by atoms with E-state index in [-0.39, 0.29) is 6.04 Å². The summed E-state index contributed by atoms with van der Waals surface area (Å²) < 4.78 is 1.13. The van der Waals surface area contributed by atoms with Gasteiger partial charge in [0.1, 0.15) is 5.75 Å². The Balaban J connectivity index is 2.02. The van der Waals surface area contributed by atoms with E-state index in [4.69, 9.17) is 0 Å². The number of halogens is 1. The molecule has 0 saturated carbocycles. The molecule has 0 aliphatic carbocycles. The van der Waals surface area contributed by atoms with Crippen LogP contribution in [0.4, 0.5) is 0 Å². The summed E-state index contributed by atoms with van der Waals surface area (Å²) in [6.07, 6.45) is 0. The first-order chi connectivity index (χ1) is 9.06. The van der Waals surface area contributed by atoms with Crippen LogP contribution in [0.5, 0.6) is 5.75 Å². The van der Waals surface area contributed by atoms with Gasteiger partial charge in [-0.2, -0.15) is 0 Å². The van der Waals surface area contributed by atoms with E-state index in [0.717, 1.165) is 16.6 Å². The number of hydrogen-bond donors (Lipinski definition) is 2. The number of benzene rings is 2. The fourth-order valence-electron chi connectivity index (χ4n) is 1.97. The Bertz CT molecular complexity index is 568. The summed E-state index contributed by atoms with van der Waals surface area (Å²) >= 11 is 3.59. The molecule has 100 valence electrons. The number of rotatable bonds is 4. The lowest BCUT2D eigenvalue weighted by Gasteiger charge is -2.15. The molecule has 0 aliphatic heterocycles. The van der Waals surface area contributed by atoms with Crippen LogP contribution in [-0.4, -0.2) is 5.11 Å². The molecule has 1 atom stereocenters. The third-order valence-electron chi connectivity index (χ3n) is 3.18. The minimum Gasteiger partial charge on any atom is -0.508 e. The minimum atomic E-state index is 0.195. The van der Waals surface area contributed by atoms with Crippen molar-refractivity contribution in [3.8, 4) is 5.75 Å². The molecular weight excluding hydrogens is 302 g/mol. The minimum absolute atomic E-state index is 0.195. The molecule has 0 saturated heterocycles. The lowest BCUT2D eigenvalue weighted by molar-refractivity contribution is 0.472. The van der Waals surface area contributed by atoms with Crippen LogP contribution in [0.2, 0.25) is 0 Å². The maximum absolute atomic E-state index is 9.49. The fraction of sp³-hybridized carbons (Fsp3) is 0.250. The molecule has 1 unspecified atom stereocenters. The Kier molecular flexibility index (Phi) is 4.61. The van der Waals surface area contributed by atoms with E-state index >= 15 is 0 Å². The van der Waals surface area contributed by atoms with Crippen molar-refractivity contribution in [3.63, 3.8) is 0 Å². The van der Waals surface area contributed by atoms with Crippen LogP contribution in [-0.2, 0) is 6.54 Å². The smallest absolute Gasteiger partial charge is 0.115 e. The molecule has 2 aromatic rings. The summed E-state index contributed by atoms with van der Waals surface area (Å²) in [5.74, 6) is 0.308. The van der Waals surface area contributed by atoms with Crippen molar-refractivity contribution in [1.29, 1.82) is 0 Å². The lowest BCUT2D eigenvalue weighted by atomic mass is 10.1. The second-order valence-electron chi connectivity index (χ2n) is 4.79. The Hall–Kier alpha value is -1.32. The molecule has 0 aromatic heterocycles. The Morgan fingerprint density at radius 3 is 2.68 bits per heavy atom. The van der Waals surface area contributed by atoms with Gasteiger partial charge in [0, 0.05) is 17.1 Å². The molecular formula is C16H18BrNO. The van der Waals surface area contributed by atoms with Crippen molar-refractivity contribution in [2.45, 2.75) is 26.4 Å². The number of aromatic hydroxyl groups is 1. The molecule has 0 bridgehead atoms. The SMILES string of the molecule is Cc1ccc(CNC(C)c2cccc(O)c2)c(Br)c1. The van der Waals surface area contributed by atoms with Crippen LogP contribution < -0.4 is 5.32 Å². The molecule has 2 N–H and O–H groups in total. The van der Waals surface area contributed by atoms with E-state index in [0.29, 0.717) is 5.75 Å². The standard InChI is InChI=1S/C16H18BrNO/c1-11-6-7-14(16(17)8-11)10-18-12(2)13-4-3-5-15(19)9-13/h3-9,12,18-19H,10H2,1-2H3. The highest BCUT2D eigenvalue weighted by Crippen LogP contribution is 2.21. The molecule has 0 radical (unpaired) electrons. The van der Waals surface area contributed by atoms with Crippen molar-refractivity contribution >= 4 is 15.9 Å². The summed E-state index contributed by atoms with van der Waals surface area (Å²) in [6.45, 7) is 4.96. The van der Waals surface area contributed by atoms with E-state index in [2.05, 4.69) is 53.3 Å². The zero-order chi connectivity index (χ0) is 13.8. The van der Waals surface area contributed by atoms with Gasteiger partial charge in [0.2, 0.25) is 0 Å². The first kappa shape index (κ1) is 14.1. The van der Waals surface area contributed by atoms with Crippen molar-refractivity contribution in [2.24, 2.45) is 0 Å². The summed E-state index contributed by atoms with van der Waals surface area (Å²) in [5.41, 5.74) is 3.57. The molecule has 0 amide bonds. The summed E-state index contributed by atoms with van der Waals surface area (Å²) in [5, 5.41) is 12.9. The Morgan fingerprint density at radius 2 is 2.00 bits per heavy atom. The van der Waals surface area contributed by atoms with Crippen LogP contribution in [0.1, 0.15) is 29.7 Å². The third-order valence-corrected chi connectivity index (χ3v) is 3.92. The van der Waals surface area contributed by atoms with Gasteiger partial charge in [0.05, 0.1) is 0 Å². The highest BCUT2D eigenvalue weighted by molar-refractivity contribution is 9.10. The van der Waals surface area contributed by atoms with Crippen LogP contribution in [0.25, 0.3) is 0 Å². The van der Waals surface area contributed by atoms with Crippen molar-refractivity contribution in [3.05, 3.63) is 63.6 Å². The van der Waals surface area contributed by atoms with Crippen molar-refractivity contribution in [2.75, 3.05) is 0 Å². The van der Waals surface area contributed by atoms with E-state index < -0.39 is 0 Å². The van der Waals surface area contributed by atoms with E-state index in [1.807, 2.05) is 12.1 Å². The predicted octanol–water partition coefficient (Wildman–Crippen LogP) is 4.31. The summed E-state index contributed by atoms with van der Waals surface area (Å²) in [7, 11) is 0. The second-order valence-corrected chi connectivity index (χ2v) is 5.65. The molecule has 0 spiro atoms. The molecule has 2 nitrogen and oxygen atoms in total. The molecule has 2 aromatic carbocycles. The van der Waals surface area contributed by atoms with Crippen LogP contribution in [0.15, 0.2) is 46.9 Å². The predicted molar refractivity (Wildman–Crippen MR) is 82.2 cm³/mol. The molecule has 0 aliphatic rings. The number of aryl methyl sites for hydroxylation is 1. The number of nitrogens with one attached hydrogen (secondary N) is 1. The van der Waals surface area contributed by atoms with Gasteiger partial charge in [-0.1, -0.05) is 40.2 Å². The largest absolute Gasteiger partial charge is 0.508 e. The van der Waals surface area contributed by atoms with E-state index in [9.17, 15) is 5.11 Å². The zero-order valence-electron chi connectivity index (χ0n) is 11.2. The first-order valence-corrected chi connectivity index (χ1v) is 7.13. The normalized spacial score (nSPS) is 12.4. The Morgan fingerprint density at radius 1 is 1.21 bits per heavy atom. The maximum atomic E-state index is 9.49. The van der Waals surface area contributed by atoms with Gasteiger partial charge >= 0.3 is 0 Å². The summed E-state index contributed by atoms with van der Waals surface area (Å²) in [6, 6.07) is 13.9. The monoisotopic (exact) mass is 319 g/mol. The maximum Gasteiger partial charge on any atom is 0.115 e. The lowest BCUT2D eigenvalue weighted by Crippen LogP contribution is -2.18. The third kappa shape index (κ3) is 3.82. The topological polar surface area (TPSA) is 32.3 Å². The van der Waals surface area contributed by atoms with Gasteiger partial charge in [-0.3, -0.25) is 0 Å².